The second-order valence-electron chi connectivity index (χ2n) is 8.70. The van der Waals surface area contributed by atoms with Crippen molar-refractivity contribution in [1.29, 1.82) is 0 Å². The Labute approximate surface area is 198 Å². The van der Waals surface area contributed by atoms with Crippen LogP contribution >= 0.6 is 22.9 Å². The summed E-state index contributed by atoms with van der Waals surface area (Å²) in [5.74, 6) is 1.09. The highest BCUT2D eigenvalue weighted by molar-refractivity contribution is 7.15. The van der Waals surface area contributed by atoms with E-state index in [1.165, 1.54) is 4.88 Å². The van der Waals surface area contributed by atoms with Gasteiger partial charge in [0, 0.05) is 21.0 Å². The van der Waals surface area contributed by atoms with E-state index in [4.69, 9.17) is 21.3 Å². The summed E-state index contributed by atoms with van der Waals surface area (Å²) in [6, 6.07) is 7.11. The second kappa shape index (κ2) is 8.79. The standard InChI is InChI=1S/C23H25ClN4O2S.CH4/c1-12-13(2)31-22-19(12)20(15-7-9-16(24)10-8-15)25-17(11-18(29)30-23(4,5)6)21-27-26-14(3)28(21)22;/h7-10,17H,11H2,1-6H3;1H4. The molecule has 3 aromatic rings. The van der Waals surface area contributed by atoms with Gasteiger partial charge in [-0.2, -0.15) is 0 Å². The Kier molecular flexibility index (Phi) is 6.63. The molecule has 3 heterocycles. The zero-order valence-electron chi connectivity index (χ0n) is 18.5. The molecule has 0 amide bonds. The van der Waals surface area contributed by atoms with Gasteiger partial charge in [-0.1, -0.05) is 31.2 Å². The smallest absolute Gasteiger partial charge is 0.308 e. The van der Waals surface area contributed by atoms with Gasteiger partial charge in [0.15, 0.2) is 5.82 Å². The number of aryl methyl sites for hydroxylation is 2. The van der Waals surface area contributed by atoms with Crippen molar-refractivity contribution in [2.24, 2.45) is 4.99 Å². The van der Waals surface area contributed by atoms with E-state index in [1.807, 2.05) is 56.5 Å². The first kappa shape index (κ1) is 24.1. The van der Waals surface area contributed by atoms with Crippen LogP contribution in [0.4, 0.5) is 0 Å². The third-order valence-electron chi connectivity index (χ3n) is 5.14. The third-order valence-corrected chi connectivity index (χ3v) is 6.58. The minimum atomic E-state index is -0.569. The molecule has 6 nitrogen and oxygen atoms in total. The molecule has 0 aliphatic carbocycles. The van der Waals surface area contributed by atoms with Crippen molar-refractivity contribution in [1.82, 2.24) is 14.8 Å². The molecule has 0 radical (unpaired) electrons. The Morgan fingerprint density at radius 3 is 2.44 bits per heavy atom. The topological polar surface area (TPSA) is 69.4 Å². The summed E-state index contributed by atoms with van der Waals surface area (Å²) >= 11 is 7.82. The fraction of sp³-hybridized carbons (Fsp3) is 0.417. The van der Waals surface area contributed by atoms with Gasteiger partial charge in [-0.25, -0.2) is 0 Å². The Hall–Kier alpha value is -2.51. The van der Waals surface area contributed by atoms with Gasteiger partial charge in [0.1, 0.15) is 22.5 Å². The van der Waals surface area contributed by atoms with Gasteiger partial charge in [-0.05, 0) is 59.2 Å². The lowest BCUT2D eigenvalue weighted by Crippen LogP contribution is -2.25. The summed E-state index contributed by atoms with van der Waals surface area (Å²) in [5, 5.41) is 10.4. The van der Waals surface area contributed by atoms with Crippen molar-refractivity contribution in [3.63, 3.8) is 0 Å². The highest BCUT2D eigenvalue weighted by Gasteiger charge is 2.33. The molecule has 0 saturated heterocycles. The Morgan fingerprint density at radius 2 is 1.81 bits per heavy atom. The van der Waals surface area contributed by atoms with Crippen molar-refractivity contribution >= 4 is 34.6 Å². The highest BCUT2D eigenvalue weighted by atomic mass is 35.5. The predicted molar refractivity (Wildman–Crippen MR) is 130 cm³/mol. The first-order chi connectivity index (χ1) is 14.5. The van der Waals surface area contributed by atoms with E-state index < -0.39 is 11.6 Å². The predicted octanol–water partition coefficient (Wildman–Crippen LogP) is 6.17. The number of nitrogens with zero attached hydrogens (tertiary/aromatic N) is 4. The van der Waals surface area contributed by atoms with Crippen molar-refractivity contribution in [3.8, 4) is 5.00 Å². The van der Waals surface area contributed by atoms with Crippen LogP contribution in [0.15, 0.2) is 29.3 Å². The van der Waals surface area contributed by atoms with E-state index in [0.717, 1.165) is 33.2 Å². The SMILES string of the molecule is C.Cc1sc2c(c1C)C(c1ccc(Cl)cc1)=NC(CC(=O)OC(C)(C)C)c1nnc(C)n1-2. The molecule has 1 atom stereocenters. The van der Waals surface area contributed by atoms with Gasteiger partial charge in [-0.15, -0.1) is 21.5 Å². The molecule has 0 saturated carbocycles. The second-order valence-corrected chi connectivity index (χ2v) is 10.3. The zero-order chi connectivity index (χ0) is 22.5. The normalized spacial score (nSPS) is 15.2. The fourth-order valence-electron chi connectivity index (χ4n) is 3.67. The molecular formula is C24H29ClN4O2S. The number of esters is 1. The minimum absolute atomic E-state index is 0. The number of rotatable bonds is 3. The van der Waals surface area contributed by atoms with E-state index in [9.17, 15) is 4.79 Å². The minimum Gasteiger partial charge on any atom is -0.460 e. The maximum Gasteiger partial charge on any atom is 0.308 e. The number of aliphatic imine (C=N–C) groups is 1. The van der Waals surface area contributed by atoms with Crippen LogP contribution in [0.1, 0.15) is 73.9 Å². The van der Waals surface area contributed by atoms with E-state index in [1.54, 1.807) is 11.3 Å². The summed E-state index contributed by atoms with van der Waals surface area (Å²) in [6.45, 7) is 11.7. The molecule has 32 heavy (non-hydrogen) atoms. The van der Waals surface area contributed by atoms with E-state index in [2.05, 4.69) is 24.0 Å². The summed E-state index contributed by atoms with van der Waals surface area (Å²) < 4.78 is 7.61. The summed E-state index contributed by atoms with van der Waals surface area (Å²) in [4.78, 5) is 19.0. The third kappa shape index (κ3) is 4.50. The highest BCUT2D eigenvalue weighted by Crippen LogP contribution is 2.39. The number of fused-ring (bicyclic) bond motifs is 3. The molecule has 4 rings (SSSR count). The maximum absolute atomic E-state index is 12.7. The summed E-state index contributed by atoms with van der Waals surface area (Å²) in [5.41, 5.74) is 3.40. The molecule has 1 aliphatic heterocycles. The molecule has 0 spiro atoms. The van der Waals surface area contributed by atoms with Gasteiger partial charge < -0.3 is 4.74 Å². The van der Waals surface area contributed by atoms with Crippen LogP contribution in [-0.4, -0.2) is 32.0 Å². The first-order valence-electron chi connectivity index (χ1n) is 10.1. The van der Waals surface area contributed by atoms with Crippen LogP contribution in [0, 0.1) is 20.8 Å². The summed E-state index contributed by atoms with van der Waals surface area (Å²) in [6.07, 6.45) is 0.0828. The average molecular weight is 473 g/mol. The van der Waals surface area contributed by atoms with Crippen LogP contribution in [0.3, 0.4) is 0 Å². The summed E-state index contributed by atoms with van der Waals surface area (Å²) in [7, 11) is 0. The van der Waals surface area contributed by atoms with Crippen molar-refractivity contribution in [2.75, 3.05) is 0 Å². The Morgan fingerprint density at radius 1 is 1.16 bits per heavy atom. The molecule has 0 N–H and O–H groups in total. The van der Waals surface area contributed by atoms with Crippen LogP contribution in [0.2, 0.25) is 5.02 Å². The molecule has 170 valence electrons. The monoisotopic (exact) mass is 472 g/mol. The van der Waals surface area contributed by atoms with Gasteiger partial charge >= 0.3 is 5.97 Å². The van der Waals surface area contributed by atoms with Gasteiger partial charge in [0.2, 0.25) is 0 Å². The number of aromatic nitrogens is 3. The van der Waals surface area contributed by atoms with Gasteiger partial charge in [-0.3, -0.25) is 14.4 Å². The lowest BCUT2D eigenvalue weighted by Gasteiger charge is -2.21. The Balaban J connectivity index is 0.00000289. The quantitative estimate of drug-likeness (QED) is 0.427. The van der Waals surface area contributed by atoms with Crippen LogP contribution in [0.25, 0.3) is 5.00 Å². The molecular weight excluding hydrogens is 444 g/mol. The van der Waals surface area contributed by atoms with Crippen LogP contribution in [0.5, 0.6) is 0 Å². The molecule has 1 aliphatic rings. The van der Waals surface area contributed by atoms with Crippen molar-refractivity contribution in [3.05, 3.63) is 62.5 Å². The van der Waals surface area contributed by atoms with Crippen molar-refractivity contribution < 1.29 is 9.53 Å². The first-order valence-corrected chi connectivity index (χ1v) is 11.3. The number of halogens is 1. The molecule has 1 unspecified atom stereocenters. The number of carbonyl (C=O) groups is 1. The largest absolute Gasteiger partial charge is 0.460 e. The van der Waals surface area contributed by atoms with Crippen molar-refractivity contribution in [2.45, 2.75) is 67.0 Å². The molecule has 0 bridgehead atoms. The molecule has 2 aromatic heterocycles. The van der Waals surface area contributed by atoms with E-state index >= 15 is 0 Å². The number of hydrogen-bond donors (Lipinski definition) is 0. The van der Waals surface area contributed by atoms with Gasteiger partial charge in [0.25, 0.3) is 0 Å². The lowest BCUT2D eigenvalue weighted by molar-refractivity contribution is -0.155. The lowest BCUT2D eigenvalue weighted by atomic mass is 9.99. The Bertz CT molecular complexity index is 1190. The number of hydrogen-bond acceptors (Lipinski definition) is 6. The number of thiophene rings is 1. The number of carbonyl (C=O) groups excluding carboxylic acids is 1. The maximum atomic E-state index is 12.7. The molecule has 0 fully saturated rings. The van der Waals surface area contributed by atoms with Gasteiger partial charge in [0.05, 0.1) is 12.1 Å². The van der Waals surface area contributed by atoms with Crippen LogP contribution < -0.4 is 0 Å². The molecule has 1 aromatic carbocycles. The van der Waals surface area contributed by atoms with E-state index in [0.29, 0.717) is 10.8 Å². The molecule has 8 heteroatoms. The van der Waals surface area contributed by atoms with Crippen LogP contribution in [-0.2, 0) is 9.53 Å². The zero-order valence-corrected chi connectivity index (χ0v) is 20.1. The average Bonchev–Trinajstić information content (AvgIpc) is 3.14. The number of ether oxygens (including phenoxy) is 1. The fourth-order valence-corrected chi connectivity index (χ4v) is 5.01. The van der Waals surface area contributed by atoms with E-state index in [-0.39, 0.29) is 19.8 Å². The number of benzene rings is 1.